The molecule has 1 aliphatic rings. The normalized spacial score (nSPS) is 22.4. The van der Waals surface area contributed by atoms with Crippen molar-refractivity contribution in [2.24, 2.45) is 5.73 Å². The molecule has 0 bridgehead atoms. The van der Waals surface area contributed by atoms with Crippen molar-refractivity contribution in [3.63, 3.8) is 0 Å². The molecule has 2 atom stereocenters. The molecule has 0 aromatic heterocycles. The van der Waals surface area contributed by atoms with Gasteiger partial charge in [-0.15, -0.1) is 0 Å². The Kier molecular flexibility index (Phi) is 5.36. The fourth-order valence-electron chi connectivity index (χ4n) is 2.64. The van der Waals surface area contributed by atoms with E-state index in [0.29, 0.717) is 19.3 Å². The van der Waals surface area contributed by atoms with Gasteiger partial charge in [0.25, 0.3) is 0 Å². The second-order valence-corrected chi connectivity index (χ2v) is 7.79. The Balaban J connectivity index is 1.99. The standard InChI is InChI=1S/C15H22N2O3S/c16-11-13(10-12-6-2-1-3-7-12)17-15(18)14-8-4-5-9-21(14,19)20/h1-3,6-7,13-14H,4-5,8-11,16H2,(H,17,18). The predicted octanol–water partition coefficient (Wildman–Crippen LogP) is 0.640. The van der Waals surface area contributed by atoms with E-state index in [-0.39, 0.29) is 18.3 Å². The molecule has 2 rings (SSSR count). The molecule has 21 heavy (non-hydrogen) atoms. The molecule has 1 saturated heterocycles. The number of hydrogen-bond donors (Lipinski definition) is 2. The minimum absolute atomic E-state index is 0.108. The number of benzene rings is 1. The van der Waals surface area contributed by atoms with Crippen molar-refractivity contribution < 1.29 is 13.2 Å². The summed E-state index contributed by atoms with van der Waals surface area (Å²) in [5, 5.41) is 1.89. The Morgan fingerprint density at radius 1 is 1.29 bits per heavy atom. The van der Waals surface area contributed by atoms with Crippen LogP contribution in [0.2, 0.25) is 0 Å². The van der Waals surface area contributed by atoms with E-state index in [1.165, 1.54) is 0 Å². The molecule has 0 radical (unpaired) electrons. The average Bonchev–Trinajstić information content (AvgIpc) is 2.47. The van der Waals surface area contributed by atoms with Crippen molar-refractivity contribution in [3.05, 3.63) is 35.9 Å². The Morgan fingerprint density at radius 3 is 2.62 bits per heavy atom. The maximum absolute atomic E-state index is 12.2. The van der Waals surface area contributed by atoms with Gasteiger partial charge in [0, 0.05) is 12.6 Å². The van der Waals surface area contributed by atoms with Crippen molar-refractivity contribution in [2.75, 3.05) is 12.3 Å². The number of sulfone groups is 1. The van der Waals surface area contributed by atoms with Crippen LogP contribution in [-0.4, -0.2) is 37.9 Å². The quantitative estimate of drug-likeness (QED) is 0.835. The van der Waals surface area contributed by atoms with Crippen LogP contribution >= 0.6 is 0 Å². The zero-order valence-electron chi connectivity index (χ0n) is 12.0. The number of nitrogens with one attached hydrogen (secondary N) is 1. The van der Waals surface area contributed by atoms with E-state index in [4.69, 9.17) is 5.73 Å². The maximum atomic E-state index is 12.2. The number of rotatable bonds is 5. The fourth-order valence-corrected chi connectivity index (χ4v) is 4.45. The second kappa shape index (κ2) is 7.04. The first-order valence-corrected chi connectivity index (χ1v) is 9.00. The molecular formula is C15H22N2O3S. The molecule has 3 N–H and O–H groups in total. The van der Waals surface area contributed by atoms with Gasteiger partial charge in [-0.05, 0) is 24.8 Å². The first kappa shape index (κ1) is 16.0. The third kappa shape index (κ3) is 4.28. The van der Waals surface area contributed by atoms with E-state index in [9.17, 15) is 13.2 Å². The van der Waals surface area contributed by atoms with E-state index in [1.54, 1.807) is 0 Å². The molecule has 0 aliphatic carbocycles. The summed E-state index contributed by atoms with van der Waals surface area (Å²) in [6, 6.07) is 9.47. The van der Waals surface area contributed by atoms with Crippen molar-refractivity contribution in [1.82, 2.24) is 5.32 Å². The lowest BCUT2D eigenvalue weighted by molar-refractivity contribution is -0.121. The summed E-state index contributed by atoms with van der Waals surface area (Å²) < 4.78 is 23.9. The van der Waals surface area contributed by atoms with Gasteiger partial charge < -0.3 is 11.1 Å². The van der Waals surface area contributed by atoms with Gasteiger partial charge in [-0.2, -0.15) is 0 Å². The number of amides is 1. The van der Waals surface area contributed by atoms with Crippen LogP contribution < -0.4 is 11.1 Å². The molecule has 2 unspecified atom stereocenters. The van der Waals surface area contributed by atoms with Crippen LogP contribution in [0.1, 0.15) is 24.8 Å². The van der Waals surface area contributed by atoms with Gasteiger partial charge in [-0.25, -0.2) is 8.42 Å². The van der Waals surface area contributed by atoms with Gasteiger partial charge >= 0.3 is 0 Å². The molecule has 5 nitrogen and oxygen atoms in total. The van der Waals surface area contributed by atoms with E-state index >= 15 is 0 Å². The van der Waals surface area contributed by atoms with Crippen LogP contribution in [-0.2, 0) is 21.1 Å². The zero-order chi connectivity index (χ0) is 15.3. The van der Waals surface area contributed by atoms with Gasteiger partial charge in [0.2, 0.25) is 5.91 Å². The summed E-state index contributed by atoms with van der Waals surface area (Å²) in [5.41, 5.74) is 6.77. The molecule has 1 heterocycles. The lowest BCUT2D eigenvalue weighted by Gasteiger charge is -2.24. The van der Waals surface area contributed by atoms with Crippen LogP contribution in [0.4, 0.5) is 0 Å². The van der Waals surface area contributed by atoms with Gasteiger partial charge in [-0.3, -0.25) is 4.79 Å². The predicted molar refractivity (Wildman–Crippen MR) is 82.6 cm³/mol. The number of hydrogen-bond acceptors (Lipinski definition) is 4. The fraction of sp³-hybridized carbons (Fsp3) is 0.533. The Hall–Kier alpha value is -1.40. The Bertz CT molecular complexity index is 572. The third-order valence-corrected chi connectivity index (χ3v) is 6.00. The molecule has 1 fully saturated rings. The lowest BCUT2D eigenvalue weighted by Crippen LogP contribution is -2.49. The molecule has 0 saturated carbocycles. The molecule has 1 aromatic carbocycles. The van der Waals surface area contributed by atoms with Crippen LogP contribution in [0.25, 0.3) is 0 Å². The van der Waals surface area contributed by atoms with Crippen molar-refractivity contribution in [2.45, 2.75) is 37.0 Å². The molecule has 116 valence electrons. The van der Waals surface area contributed by atoms with E-state index in [1.807, 2.05) is 30.3 Å². The number of carbonyl (C=O) groups is 1. The molecule has 1 amide bonds. The zero-order valence-corrected chi connectivity index (χ0v) is 12.8. The smallest absolute Gasteiger partial charge is 0.238 e. The number of nitrogens with two attached hydrogens (primary N) is 1. The minimum atomic E-state index is -3.30. The van der Waals surface area contributed by atoms with Gasteiger partial charge in [-0.1, -0.05) is 36.8 Å². The van der Waals surface area contributed by atoms with Crippen LogP contribution in [0.5, 0.6) is 0 Å². The summed E-state index contributed by atoms with van der Waals surface area (Å²) in [6.07, 6.45) is 2.45. The first-order valence-electron chi connectivity index (χ1n) is 7.29. The molecule has 6 heteroatoms. The van der Waals surface area contributed by atoms with Crippen LogP contribution in [0.15, 0.2) is 30.3 Å². The molecular weight excluding hydrogens is 288 g/mol. The summed E-state index contributed by atoms with van der Waals surface area (Å²) >= 11 is 0. The van der Waals surface area contributed by atoms with Crippen LogP contribution in [0, 0.1) is 0 Å². The lowest BCUT2D eigenvalue weighted by atomic mass is 10.1. The second-order valence-electron chi connectivity index (χ2n) is 5.48. The number of carbonyl (C=O) groups excluding carboxylic acids is 1. The highest BCUT2D eigenvalue weighted by Gasteiger charge is 2.35. The topological polar surface area (TPSA) is 89.3 Å². The van der Waals surface area contributed by atoms with Crippen molar-refractivity contribution in [3.8, 4) is 0 Å². The van der Waals surface area contributed by atoms with E-state index < -0.39 is 21.0 Å². The van der Waals surface area contributed by atoms with Crippen LogP contribution in [0.3, 0.4) is 0 Å². The van der Waals surface area contributed by atoms with Crippen molar-refractivity contribution >= 4 is 15.7 Å². The summed E-state index contributed by atoms with van der Waals surface area (Å²) in [6.45, 7) is 0.285. The van der Waals surface area contributed by atoms with E-state index in [2.05, 4.69) is 5.32 Å². The summed E-state index contributed by atoms with van der Waals surface area (Å²) in [7, 11) is -3.30. The van der Waals surface area contributed by atoms with Crippen molar-refractivity contribution in [1.29, 1.82) is 0 Å². The monoisotopic (exact) mass is 310 g/mol. The molecule has 1 aliphatic heterocycles. The highest BCUT2D eigenvalue weighted by molar-refractivity contribution is 7.92. The summed E-state index contributed by atoms with van der Waals surface area (Å²) in [4.78, 5) is 12.2. The Morgan fingerprint density at radius 2 is 2.00 bits per heavy atom. The largest absolute Gasteiger partial charge is 0.351 e. The molecule has 0 spiro atoms. The average molecular weight is 310 g/mol. The van der Waals surface area contributed by atoms with Gasteiger partial charge in [0.05, 0.1) is 5.75 Å². The maximum Gasteiger partial charge on any atom is 0.238 e. The first-order chi connectivity index (χ1) is 10.0. The summed E-state index contributed by atoms with van der Waals surface area (Å²) in [5.74, 6) is -0.294. The van der Waals surface area contributed by atoms with E-state index in [0.717, 1.165) is 12.0 Å². The SMILES string of the molecule is NCC(Cc1ccccc1)NC(=O)C1CCCCS1(=O)=O. The highest BCUT2D eigenvalue weighted by atomic mass is 32.2. The van der Waals surface area contributed by atoms with Gasteiger partial charge in [0.15, 0.2) is 9.84 Å². The Labute approximate surface area is 125 Å². The third-order valence-electron chi connectivity index (χ3n) is 3.83. The van der Waals surface area contributed by atoms with Gasteiger partial charge in [0.1, 0.15) is 5.25 Å². The minimum Gasteiger partial charge on any atom is -0.351 e. The molecule has 1 aromatic rings. The highest BCUT2D eigenvalue weighted by Crippen LogP contribution is 2.19.